The fraction of sp³-hybridized carbons (Fsp3) is 0.0909. The Balaban J connectivity index is 1.95. The maximum Gasteiger partial charge on any atom is 0.123 e. The molecule has 0 unspecified atom stereocenters. The van der Waals surface area contributed by atoms with Crippen molar-refractivity contribution in [2.75, 3.05) is 5.32 Å². The van der Waals surface area contributed by atoms with Crippen molar-refractivity contribution in [3.63, 3.8) is 0 Å². The van der Waals surface area contributed by atoms with E-state index in [0.717, 1.165) is 12.2 Å². The number of halogens is 1. The highest BCUT2D eigenvalue weighted by atomic mass is 32.1. The number of benzene rings is 1. The van der Waals surface area contributed by atoms with E-state index in [2.05, 4.69) is 16.8 Å². The molecule has 0 spiro atoms. The van der Waals surface area contributed by atoms with Crippen molar-refractivity contribution in [1.29, 1.82) is 0 Å². The second-order valence-electron chi connectivity index (χ2n) is 2.99. The lowest BCUT2D eigenvalue weighted by Gasteiger charge is -2.03. The van der Waals surface area contributed by atoms with Crippen LogP contribution in [0.25, 0.3) is 0 Å². The standard InChI is InChI=1S/C11H10FNS/c12-10-1-3-11(4-2-10)13-7-9-5-6-14-8-9/h1-6,8,13H,7H2. The molecule has 3 heteroatoms. The molecule has 1 aromatic carbocycles. The summed E-state index contributed by atoms with van der Waals surface area (Å²) < 4.78 is 12.6. The molecule has 0 saturated heterocycles. The molecule has 0 saturated carbocycles. The lowest BCUT2D eigenvalue weighted by Crippen LogP contribution is -1.97. The second-order valence-corrected chi connectivity index (χ2v) is 3.77. The van der Waals surface area contributed by atoms with Crippen LogP contribution >= 0.6 is 11.3 Å². The quantitative estimate of drug-likeness (QED) is 0.812. The maximum absolute atomic E-state index is 12.6. The monoisotopic (exact) mass is 207 g/mol. The van der Waals surface area contributed by atoms with Crippen molar-refractivity contribution in [3.8, 4) is 0 Å². The zero-order valence-electron chi connectivity index (χ0n) is 7.53. The van der Waals surface area contributed by atoms with E-state index in [1.807, 2.05) is 5.38 Å². The van der Waals surface area contributed by atoms with E-state index in [9.17, 15) is 4.39 Å². The average Bonchev–Trinajstić information content (AvgIpc) is 2.70. The van der Waals surface area contributed by atoms with Crippen LogP contribution in [0.2, 0.25) is 0 Å². The van der Waals surface area contributed by atoms with Gasteiger partial charge >= 0.3 is 0 Å². The Labute approximate surface area is 86.2 Å². The lowest BCUT2D eigenvalue weighted by atomic mass is 10.3. The van der Waals surface area contributed by atoms with E-state index >= 15 is 0 Å². The Kier molecular flexibility index (Phi) is 2.79. The molecule has 1 aromatic heterocycles. The Morgan fingerprint density at radius 3 is 2.57 bits per heavy atom. The van der Waals surface area contributed by atoms with Gasteiger partial charge in [-0.3, -0.25) is 0 Å². The molecular formula is C11H10FNS. The van der Waals surface area contributed by atoms with E-state index in [-0.39, 0.29) is 5.82 Å². The molecule has 0 aliphatic carbocycles. The molecule has 0 aliphatic heterocycles. The molecule has 1 heterocycles. The van der Waals surface area contributed by atoms with Crippen molar-refractivity contribution in [2.24, 2.45) is 0 Å². The first-order valence-corrected chi connectivity index (χ1v) is 5.29. The van der Waals surface area contributed by atoms with Crippen molar-refractivity contribution < 1.29 is 4.39 Å². The van der Waals surface area contributed by atoms with E-state index in [0.29, 0.717) is 0 Å². The third-order valence-electron chi connectivity index (χ3n) is 1.92. The molecule has 0 fully saturated rings. The minimum atomic E-state index is -0.203. The van der Waals surface area contributed by atoms with Gasteiger partial charge in [0, 0.05) is 12.2 Å². The first-order valence-electron chi connectivity index (χ1n) is 4.35. The topological polar surface area (TPSA) is 12.0 Å². The molecular weight excluding hydrogens is 197 g/mol. The maximum atomic E-state index is 12.6. The first kappa shape index (κ1) is 9.21. The smallest absolute Gasteiger partial charge is 0.123 e. The van der Waals surface area contributed by atoms with Crippen molar-refractivity contribution in [1.82, 2.24) is 0 Å². The number of thiophene rings is 1. The Bertz CT molecular complexity index is 380. The lowest BCUT2D eigenvalue weighted by molar-refractivity contribution is 0.628. The van der Waals surface area contributed by atoms with Crippen molar-refractivity contribution in [2.45, 2.75) is 6.54 Å². The second kappa shape index (κ2) is 4.24. The number of hydrogen-bond acceptors (Lipinski definition) is 2. The highest BCUT2D eigenvalue weighted by Gasteiger charge is 1.94. The summed E-state index contributed by atoms with van der Waals surface area (Å²) in [5.41, 5.74) is 2.19. The van der Waals surface area contributed by atoms with Gasteiger partial charge in [0.1, 0.15) is 5.82 Å². The van der Waals surface area contributed by atoms with E-state index in [4.69, 9.17) is 0 Å². The summed E-state index contributed by atoms with van der Waals surface area (Å²) >= 11 is 1.68. The van der Waals surface area contributed by atoms with Gasteiger partial charge < -0.3 is 5.32 Å². The molecule has 2 rings (SSSR count). The molecule has 0 atom stereocenters. The summed E-state index contributed by atoms with van der Waals surface area (Å²) in [6.45, 7) is 0.787. The summed E-state index contributed by atoms with van der Waals surface area (Å²) in [4.78, 5) is 0. The number of anilines is 1. The first-order chi connectivity index (χ1) is 6.84. The summed E-state index contributed by atoms with van der Waals surface area (Å²) in [6.07, 6.45) is 0. The average molecular weight is 207 g/mol. The minimum Gasteiger partial charge on any atom is -0.381 e. The fourth-order valence-corrected chi connectivity index (χ4v) is 1.83. The predicted molar refractivity (Wildman–Crippen MR) is 58.0 cm³/mol. The van der Waals surface area contributed by atoms with Crippen LogP contribution in [-0.4, -0.2) is 0 Å². The van der Waals surface area contributed by atoms with Gasteiger partial charge in [-0.1, -0.05) is 0 Å². The van der Waals surface area contributed by atoms with Crippen LogP contribution in [0, 0.1) is 5.82 Å². The van der Waals surface area contributed by atoms with Crippen LogP contribution in [0.1, 0.15) is 5.56 Å². The van der Waals surface area contributed by atoms with Gasteiger partial charge in [-0.2, -0.15) is 11.3 Å². The molecule has 0 bridgehead atoms. The molecule has 0 radical (unpaired) electrons. The van der Waals surface area contributed by atoms with Crippen LogP contribution in [0.4, 0.5) is 10.1 Å². The van der Waals surface area contributed by atoms with Gasteiger partial charge in [-0.25, -0.2) is 4.39 Å². The van der Waals surface area contributed by atoms with Gasteiger partial charge in [0.2, 0.25) is 0 Å². The normalized spacial score (nSPS) is 10.1. The Morgan fingerprint density at radius 2 is 1.93 bits per heavy atom. The van der Waals surface area contributed by atoms with E-state index in [1.165, 1.54) is 17.7 Å². The van der Waals surface area contributed by atoms with Gasteiger partial charge in [0.15, 0.2) is 0 Å². The Morgan fingerprint density at radius 1 is 1.14 bits per heavy atom. The van der Waals surface area contributed by atoms with Gasteiger partial charge in [-0.15, -0.1) is 0 Å². The van der Waals surface area contributed by atoms with Gasteiger partial charge in [0.05, 0.1) is 0 Å². The SMILES string of the molecule is Fc1ccc(NCc2ccsc2)cc1. The molecule has 2 aromatic rings. The summed E-state index contributed by atoms with van der Waals surface area (Å²) in [5.74, 6) is -0.203. The number of nitrogens with one attached hydrogen (secondary N) is 1. The zero-order chi connectivity index (χ0) is 9.80. The summed E-state index contributed by atoms with van der Waals surface area (Å²) in [7, 11) is 0. The third-order valence-corrected chi connectivity index (χ3v) is 2.65. The van der Waals surface area contributed by atoms with E-state index < -0.39 is 0 Å². The highest BCUT2D eigenvalue weighted by Crippen LogP contribution is 2.11. The van der Waals surface area contributed by atoms with Gasteiger partial charge in [0.25, 0.3) is 0 Å². The Hall–Kier alpha value is -1.35. The number of rotatable bonds is 3. The summed E-state index contributed by atoms with van der Waals surface area (Å²) in [5, 5.41) is 7.35. The summed E-state index contributed by atoms with van der Waals surface area (Å²) in [6, 6.07) is 8.45. The molecule has 14 heavy (non-hydrogen) atoms. The molecule has 1 N–H and O–H groups in total. The van der Waals surface area contributed by atoms with Crippen molar-refractivity contribution >= 4 is 17.0 Å². The number of hydrogen-bond donors (Lipinski definition) is 1. The van der Waals surface area contributed by atoms with Gasteiger partial charge in [-0.05, 0) is 46.7 Å². The minimum absolute atomic E-state index is 0.203. The highest BCUT2D eigenvalue weighted by molar-refractivity contribution is 7.07. The van der Waals surface area contributed by atoms with Crippen LogP contribution < -0.4 is 5.32 Å². The van der Waals surface area contributed by atoms with Crippen LogP contribution in [0.3, 0.4) is 0 Å². The van der Waals surface area contributed by atoms with E-state index in [1.54, 1.807) is 23.5 Å². The largest absolute Gasteiger partial charge is 0.381 e. The predicted octanol–water partition coefficient (Wildman–Crippen LogP) is 3.50. The molecule has 72 valence electrons. The molecule has 0 aliphatic rings. The van der Waals surface area contributed by atoms with Crippen molar-refractivity contribution in [3.05, 3.63) is 52.5 Å². The zero-order valence-corrected chi connectivity index (χ0v) is 8.35. The van der Waals surface area contributed by atoms with Crippen LogP contribution in [-0.2, 0) is 6.54 Å². The fourth-order valence-electron chi connectivity index (χ4n) is 1.17. The third kappa shape index (κ3) is 2.33. The molecule has 1 nitrogen and oxygen atoms in total. The van der Waals surface area contributed by atoms with Crippen LogP contribution in [0.15, 0.2) is 41.1 Å². The van der Waals surface area contributed by atoms with Crippen LogP contribution in [0.5, 0.6) is 0 Å². The molecule has 0 amide bonds.